The van der Waals surface area contributed by atoms with Crippen LogP contribution in [0.15, 0.2) is 77.2 Å². The SMILES string of the molecule is C=C(c1c(F)cccc1NS(O)(O)c1ccc(S(O)(O)C(C)C)cc1)N1CCN(c2ccc(F)cn2)CC12CC2. The van der Waals surface area contributed by atoms with E-state index in [0.29, 0.717) is 36.0 Å². The summed E-state index contributed by atoms with van der Waals surface area (Å²) in [7, 11) is -6.67. The fraction of sp³-hybridized carbons (Fsp3) is 0.321. The van der Waals surface area contributed by atoms with Crippen molar-refractivity contribution >= 4 is 38.6 Å². The molecule has 5 N–H and O–H groups in total. The summed E-state index contributed by atoms with van der Waals surface area (Å²) in [5, 5.41) is -0.402. The van der Waals surface area contributed by atoms with Crippen molar-refractivity contribution in [2.45, 2.75) is 47.3 Å². The monoisotopic (exact) mass is 592 g/mol. The summed E-state index contributed by atoms with van der Waals surface area (Å²) in [6.45, 7) is 9.36. The maximum atomic E-state index is 15.4. The summed E-state index contributed by atoms with van der Waals surface area (Å²) in [5.74, 6) is -0.268. The molecule has 1 aromatic heterocycles. The Balaban J connectivity index is 1.38. The van der Waals surface area contributed by atoms with Gasteiger partial charge in [-0.25, -0.2) is 13.8 Å². The molecule has 2 aromatic carbocycles. The number of halogens is 2. The van der Waals surface area contributed by atoms with Gasteiger partial charge < -0.3 is 9.80 Å². The lowest BCUT2D eigenvalue weighted by atomic mass is 10.0. The molecule has 8 nitrogen and oxygen atoms in total. The van der Waals surface area contributed by atoms with E-state index in [-0.39, 0.29) is 21.7 Å². The van der Waals surface area contributed by atoms with Crippen LogP contribution in [0.1, 0.15) is 32.3 Å². The predicted molar refractivity (Wildman–Crippen MR) is 158 cm³/mol. The highest BCUT2D eigenvalue weighted by atomic mass is 32.3. The molecule has 0 unspecified atom stereocenters. The largest absolute Gasteiger partial charge is 0.362 e. The first-order valence-electron chi connectivity index (χ1n) is 12.9. The Morgan fingerprint density at radius 3 is 2.25 bits per heavy atom. The van der Waals surface area contributed by atoms with Gasteiger partial charge in [0.1, 0.15) is 17.5 Å². The number of nitrogens with one attached hydrogen (secondary N) is 1. The van der Waals surface area contributed by atoms with Gasteiger partial charge in [-0.3, -0.25) is 22.9 Å². The average Bonchev–Trinajstić information content (AvgIpc) is 3.67. The molecule has 5 rings (SSSR count). The van der Waals surface area contributed by atoms with Crippen molar-refractivity contribution in [3.63, 3.8) is 0 Å². The Labute approximate surface area is 236 Å². The van der Waals surface area contributed by atoms with E-state index >= 15 is 4.39 Å². The number of piperazine rings is 1. The van der Waals surface area contributed by atoms with E-state index in [4.69, 9.17) is 0 Å². The van der Waals surface area contributed by atoms with E-state index in [0.717, 1.165) is 12.8 Å². The molecule has 1 spiro atoms. The molecule has 1 saturated heterocycles. The summed E-state index contributed by atoms with van der Waals surface area (Å²) in [6.07, 6.45) is 2.94. The third kappa shape index (κ3) is 5.39. The molecule has 0 bridgehead atoms. The van der Waals surface area contributed by atoms with Crippen LogP contribution in [0.3, 0.4) is 0 Å². The van der Waals surface area contributed by atoms with Crippen LogP contribution in [-0.2, 0) is 0 Å². The molecular weight excluding hydrogens is 558 g/mol. The minimum Gasteiger partial charge on any atom is -0.362 e. The van der Waals surface area contributed by atoms with E-state index < -0.39 is 38.3 Å². The second-order valence-electron chi connectivity index (χ2n) is 10.5. The second-order valence-corrected chi connectivity index (χ2v) is 14.9. The second kappa shape index (κ2) is 10.5. The smallest absolute Gasteiger partial charge is 0.141 e. The van der Waals surface area contributed by atoms with Crippen molar-refractivity contribution in [2.75, 3.05) is 29.3 Å². The van der Waals surface area contributed by atoms with Gasteiger partial charge in [0.05, 0.1) is 32.8 Å². The number of hydrogen-bond donors (Lipinski definition) is 5. The average molecular weight is 593 g/mol. The minimum absolute atomic E-state index is 0.120. The van der Waals surface area contributed by atoms with E-state index in [2.05, 4.69) is 26.1 Å². The number of hydrogen-bond acceptors (Lipinski definition) is 8. The molecule has 0 amide bonds. The maximum absolute atomic E-state index is 15.4. The number of rotatable bonds is 8. The summed E-state index contributed by atoms with van der Waals surface area (Å²) < 4.78 is 74.4. The van der Waals surface area contributed by atoms with Crippen LogP contribution in [0, 0.1) is 11.6 Å². The molecule has 3 aromatic rings. The van der Waals surface area contributed by atoms with Crippen molar-refractivity contribution in [1.29, 1.82) is 0 Å². The number of nitrogens with zero attached hydrogens (tertiary/aromatic N) is 3. The zero-order valence-corrected chi connectivity index (χ0v) is 23.9. The Bertz CT molecular complexity index is 1400. The molecule has 0 atom stereocenters. The van der Waals surface area contributed by atoms with Crippen LogP contribution >= 0.6 is 21.4 Å². The lowest BCUT2D eigenvalue weighted by Crippen LogP contribution is -2.54. The first-order chi connectivity index (χ1) is 18.8. The van der Waals surface area contributed by atoms with Crippen molar-refractivity contribution in [1.82, 2.24) is 9.88 Å². The van der Waals surface area contributed by atoms with E-state index in [9.17, 15) is 22.6 Å². The summed E-state index contributed by atoms with van der Waals surface area (Å²) in [4.78, 5) is 8.79. The third-order valence-electron chi connectivity index (χ3n) is 7.55. The molecule has 0 radical (unpaired) electrons. The van der Waals surface area contributed by atoms with Crippen LogP contribution in [0.25, 0.3) is 5.70 Å². The topological polar surface area (TPSA) is 112 Å². The van der Waals surface area contributed by atoms with Gasteiger partial charge in [-0.05, 0) is 75.2 Å². The zero-order chi connectivity index (χ0) is 28.9. The van der Waals surface area contributed by atoms with Gasteiger partial charge in [-0.1, -0.05) is 23.4 Å². The van der Waals surface area contributed by atoms with Crippen molar-refractivity contribution < 1.29 is 27.0 Å². The molecule has 2 aliphatic rings. The standard InChI is InChI=1S/C28H34F2N4O4S2/c1-19(2)39(35,36)22-8-10-23(11-9-22)40(37,38)32-25-6-4-5-24(30)27(25)20(3)34-16-15-33(18-28(34)13-14-28)26-12-7-21(29)17-31-26/h4-12,17,19,32,35-38H,3,13-16,18H2,1-2H3. The zero-order valence-electron chi connectivity index (χ0n) is 22.3. The molecule has 1 saturated carbocycles. The van der Waals surface area contributed by atoms with Crippen LogP contribution in [0.2, 0.25) is 0 Å². The van der Waals surface area contributed by atoms with Gasteiger partial charge in [0.2, 0.25) is 0 Å². The number of benzene rings is 2. The molecule has 1 aliphatic heterocycles. The van der Waals surface area contributed by atoms with Crippen molar-refractivity contribution in [3.05, 3.63) is 84.6 Å². The first kappa shape index (κ1) is 28.7. The van der Waals surface area contributed by atoms with E-state index in [1.165, 1.54) is 48.7 Å². The van der Waals surface area contributed by atoms with Gasteiger partial charge in [-0.2, -0.15) is 10.6 Å². The first-order valence-corrected chi connectivity index (χ1v) is 16.0. The lowest BCUT2D eigenvalue weighted by Gasteiger charge is -2.45. The Morgan fingerprint density at radius 1 is 0.975 bits per heavy atom. The van der Waals surface area contributed by atoms with Crippen molar-refractivity contribution in [2.24, 2.45) is 0 Å². The molecule has 2 fully saturated rings. The third-order valence-corrected chi connectivity index (χ3v) is 11.3. The van der Waals surface area contributed by atoms with Crippen molar-refractivity contribution in [3.8, 4) is 0 Å². The maximum Gasteiger partial charge on any atom is 0.141 e. The van der Waals surface area contributed by atoms with Gasteiger partial charge in [0.25, 0.3) is 0 Å². The van der Waals surface area contributed by atoms with Gasteiger partial charge in [0.15, 0.2) is 0 Å². The number of anilines is 2. The summed E-state index contributed by atoms with van der Waals surface area (Å²) in [6, 6.07) is 13.1. The quantitative estimate of drug-likeness (QED) is 0.185. The fourth-order valence-electron chi connectivity index (χ4n) is 5.07. The van der Waals surface area contributed by atoms with Gasteiger partial charge >= 0.3 is 0 Å². The summed E-state index contributed by atoms with van der Waals surface area (Å²) >= 11 is 0. The van der Waals surface area contributed by atoms with Gasteiger partial charge in [-0.15, -0.1) is 0 Å². The molecule has 12 heteroatoms. The van der Waals surface area contributed by atoms with Crippen LogP contribution in [-0.4, -0.2) is 58.5 Å². The molecule has 40 heavy (non-hydrogen) atoms. The molecule has 2 heterocycles. The van der Waals surface area contributed by atoms with Gasteiger partial charge in [0, 0.05) is 30.6 Å². The lowest BCUT2D eigenvalue weighted by molar-refractivity contribution is 0.243. The Morgan fingerprint density at radius 2 is 1.65 bits per heavy atom. The highest BCUT2D eigenvalue weighted by Gasteiger charge is 2.52. The highest BCUT2D eigenvalue weighted by molar-refractivity contribution is 8.25. The Hall–Kier alpha value is -2.87. The number of aromatic nitrogens is 1. The van der Waals surface area contributed by atoms with Crippen LogP contribution < -0.4 is 9.62 Å². The van der Waals surface area contributed by atoms with Crippen LogP contribution in [0.5, 0.6) is 0 Å². The highest BCUT2D eigenvalue weighted by Crippen LogP contribution is 2.55. The fourth-order valence-corrected chi connectivity index (χ4v) is 7.26. The van der Waals surface area contributed by atoms with E-state index in [1.54, 1.807) is 26.0 Å². The molecule has 216 valence electrons. The predicted octanol–water partition coefficient (Wildman–Crippen LogP) is 7.34. The van der Waals surface area contributed by atoms with E-state index in [1.807, 2.05) is 0 Å². The minimum atomic E-state index is -3.64. The molecular formula is C28H34F2N4O4S2. The normalized spacial score (nSPS) is 17.7. The molecule has 1 aliphatic carbocycles. The number of pyridine rings is 1. The summed E-state index contributed by atoms with van der Waals surface area (Å²) in [5.41, 5.74) is 0.483. The van der Waals surface area contributed by atoms with Crippen LogP contribution in [0.4, 0.5) is 20.3 Å². The Kier molecular flexibility index (Phi) is 7.53.